The monoisotopic (exact) mass is 289 g/mol. The van der Waals surface area contributed by atoms with E-state index in [2.05, 4.69) is 10.1 Å². The zero-order chi connectivity index (χ0) is 15.2. The Morgan fingerprint density at radius 3 is 2.71 bits per heavy atom. The van der Waals surface area contributed by atoms with Gasteiger partial charge in [-0.3, -0.25) is 4.79 Å². The quantitative estimate of drug-likeness (QED) is 0.856. The van der Waals surface area contributed by atoms with Gasteiger partial charge < -0.3 is 19.2 Å². The lowest BCUT2D eigenvalue weighted by molar-refractivity contribution is -0.114. The highest BCUT2D eigenvalue weighted by molar-refractivity contribution is 5.91. The minimum atomic E-state index is -0.488. The summed E-state index contributed by atoms with van der Waals surface area (Å²) in [4.78, 5) is 22.7. The van der Waals surface area contributed by atoms with Gasteiger partial charge in [-0.05, 0) is 18.2 Å². The Hall–Kier alpha value is -2.76. The average molecular weight is 289 g/mol. The first kappa shape index (κ1) is 14.6. The van der Waals surface area contributed by atoms with Crippen molar-refractivity contribution in [2.75, 3.05) is 12.4 Å². The third-order valence-electron chi connectivity index (χ3n) is 2.71. The predicted octanol–water partition coefficient (Wildman–Crippen LogP) is 2.60. The van der Waals surface area contributed by atoms with Gasteiger partial charge in [0.05, 0.1) is 19.1 Å². The fourth-order valence-corrected chi connectivity index (χ4v) is 1.77. The van der Waals surface area contributed by atoms with Crippen LogP contribution in [0, 0.1) is 0 Å². The van der Waals surface area contributed by atoms with E-state index in [1.807, 2.05) is 0 Å². The van der Waals surface area contributed by atoms with E-state index in [1.165, 1.54) is 26.4 Å². The molecule has 0 aliphatic heterocycles. The van der Waals surface area contributed by atoms with E-state index in [9.17, 15) is 9.59 Å². The van der Waals surface area contributed by atoms with E-state index in [0.29, 0.717) is 22.8 Å². The van der Waals surface area contributed by atoms with Crippen LogP contribution >= 0.6 is 0 Å². The van der Waals surface area contributed by atoms with Gasteiger partial charge in [0.25, 0.3) is 0 Å². The van der Waals surface area contributed by atoms with Crippen molar-refractivity contribution in [3.05, 3.63) is 47.9 Å². The van der Waals surface area contributed by atoms with Crippen LogP contribution in [0.1, 0.15) is 23.0 Å². The van der Waals surface area contributed by atoms with E-state index in [-0.39, 0.29) is 12.5 Å². The van der Waals surface area contributed by atoms with Gasteiger partial charge >= 0.3 is 5.97 Å². The number of anilines is 1. The number of hydrogen-bond donors (Lipinski definition) is 1. The molecule has 0 aliphatic rings. The van der Waals surface area contributed by atoms with Crippen molar-refractivity contribution in [3.8, 4) is 5.75 Å². The number of rotatable bonds is 5. The summed E-state index contributed by atoms with van der Waals surface area (Å²) in [6, 6.07) is 8.52. The fourth-order valence-electron chi connectivity index (χ4n) is 1.77. The van der Waals surface area contributed by atoms with Crippen LogP contribution in [-0.2, 0) is 16.1 Å². The molecule has 0 radical (unpaired) electrons. The number of benzene rings is 1. The molecule has 6 heteroatoms. The average Bonchev–Trinajstić information content (AvgIpc) is 2.93. The Morgan fingerprint density at radius 2 is 2.00 bits per heavy atom. The smallest absolute Gasteiger partial charge is 0.341 e. The van der Waals surface area contributed by atoms with Crippen LogP contribution in [-0.4, -0.2) is 19.0 Å². The molecule has 0 atom stereocenters. The van der Waals surface area contributed by atoms with Crippen LogP contribution in [0.4, 0.5) is 5.69 Å². The molecule has 1 N–H and O–H groups in total. The van der Waals surface area contributed by atoms with Gasteiger partial charge in [0.15, 0.2) is 5.76 Å². The largest absolute Gasteiger partial charge is 0.483 e. The minimum Gasteiger partial charge on any atom is -0.483 e. The van der Waals surface area contributed by atoms with Crippen molar-refractivity contribution in [2.45, 2.75) is 13.5 Å². The minimum absolute atomic E-state index is 0.0496. The molecule has 0 saturated heterocycles. The summed E-state index contributed by atoms with van der Waals surface area (Å²) in [5.41, 5.74) is 0.866. The van der Waals surface area contributed by atoms with Crippen LogP contribution in [0.3, 0.4) is 0 Å². The molecule has 2 rings (SSSR count). The number of methoxy groups -OCH3 is 1. The van der Waals surface area contributed by atoms with Crippen LogP contribution in [0.5, 0.6) is 5.75 Å². The van der Waals surface area contributed by atoms with Gasteiger partial charge in [0, 0.05) is 6.92 Å². The van der Waals surface area contributed by atoms with Gasteiger partial charge in [-0.15, -0.1) is 0 Å². The maximum atomic E-state index is 11.5. The summed E-state index contributed by atoms with van der Waals surface area (Å²) in [5, 5.41) is 2.67. The summed E-state index contributed by atoms with van der Waals surface area (Å²) in [6.07, 6.45) is 1.39. The molecule has 1 amide bonds. The Balaban J connectivity index is 2.12. The van der Waals surface area contributed by atoms with E-state index in [1.54, 1.807) is 24.3 Å². The van der Waals surface area contributed by atoms with Crippen molar-refractivity contribution in [1.29, 1.82) is 0 Å². The second kappa shape index (κ2) is 6.60. The lowest BCUT2D eigenvalue weighted by atomic mass is 10.2. The third kappa shape index (κ3) is 3.62. The van der Waals surface area contributed by atoms with Crippen molar-refractivity contribution in [2.24, 2.45) is 0 Å². The van der Waals surface area contributed by atoms with Gasteiger partial charge in [-0.25, -0.2) is 4.79 Å². The Morgan fingerprint density at radius 1 is 1.24 bits per heavy atom. The number of amides is 1. The summed E-state index contributed by atoms with van der Waals surface area (Å²) in [5.74, 6) is 0.163. The van der Waals surface area contributed by atoms with Gasteiger partial charge in [-0.1, -0.05) is 12.1 Å². The van der Waals surface area contributed by atoms with E-state index in [0.717, 1.165) is 0 Å². The Labute approximate surface area is 121 Å². The maximum Gasteiger partial charge on any atom is 0.341 e. The zero-order valence-electron chi connectivity index (χ0n) is 11.7. The van der Waals surface area contributed by atoms with Gasteiger partial charge in [0.1, 0.15) is 17.9 Å². The highest BCUT2D eigenvalue weighted by Gasteiger charge is 2.16. The number of hydrogen-bond acceptors (Lipinski definition) is 5. The number of nitrogens with one attached hydrogen (secondary N) is 1. The molecular formula is C15H15NO5. The zero-order valence-corrected chi connectivity index (χ0v) is 11.7. The molecule has 2 aromatic rings. The second-order valence-electron chi connectivity index (χ2n) is 4.22. The molecule has 0 fully saturated rings. The normalized spacial score (nSPS) is 10.0. The predicted molar refractivity (Wildman–Crippen MR) is 75.1 cm³/mol. The molecule has 0 aliphatic carbocycles. The lowest BCUT2D eigenvalue weighted by Gasteiger charge is -2.11. The highest BCUT2D eigenvalue weighted by atomic mass is 16.5. The van der Waals surface area contributed by atoms with Crippen LogP contribution in [0.2, 0.25) is 0 Å². The first-order chi connectivity index (χ1) is 10.1. The van der Waals surface area contributed by atoms with E-state index in [4.69, 9.17) is 9.15 Å². The summed E-state index contributed by atoms with van der Waals surface area (Å²) in [6.45, 7) is 1.46. The third-order valence-corrected chi connectivity index (χ3v) is 2.71. The molecule has 21 heavy (non-hydrogen) atoms. The molecular weight excluding hydrogens is 274 g/mol. The maximum absolute atomic E-state index is 11.5. The molecule has 6 nitrogen and oxygen atoms in total. The van der Waals surface area contributed by atoms with Crippen molar-refractivity contribution in [3.63, 3.8) is 0 Å². The summed E-state index contributed by atoms with van der Waals surface area (Å²) >= 11 is 0. The molecule has 0 bridgehead atoms. The molecule has 110 valence electrons. The lowest BCUT2D eigenvalue weighted by Crippen LogP contribution is -2.09. The SMILES string of the molecule is COC(=O)c1ccoc1COc1ccccc1NC(C)=O. The topological polar surface area (TPSA) is 77.8 Å². The highest BCUT2D eigenvalue weighted by Crippen LogP contribution is 2.25. The summed E-state index contributed by atoms with van der Waals surface area (Å²) < 4.78 is 15.5. The van der Waals surface area contributed by atoms with E-state index < -0.39 is 5.97 Å². The molecule has 0 spiro atoms. The Bertz CT molecular complexity index is 647. The first-order valence-electron chi connectivity index (χ1n) is 6.26. The number of esters is 1. The number of ether oxygens (including phenoxy) is 2. The van der Waals surface area contributed by atoms with Crippen molar-refractivity contribution in [1.82, 2.24) is 0 Å². The fraction of sp³-hybridized carbons (Fsp3) is 0.200. The van der Waals surface area contributed by atoms with Crippen LogP contribution in [0.15, 0.2) is 41.0 Å². The summed E-state index contributed by atoms with van der Waals surface area (Å²) in [7, 11) is 1.30. The second-order valence-corrected chi connectivity index (χ2v) is 4.22. The number of carbonyl (C=O) groups is 2. The number of carbonyl (C=O) groups excluding carboxylic acids is 2. The van der Waals surface area contributed by atoms with Crippen molar-refractivity contribution < 1.29 is 23.5 Å². The standard InChI is InChI=1S/C15H15NO5/c1-10(17)16-12-5-3-4-6-13(12)21-9-14-11(7-8-20-14)15(18)19-2/h3-8H,9H2,1-2H3,(H,16,17). The number of para-hydroxylation sites is 2. The van der Waals surface area contributed by atoms with Crippen LogP contribution < -0.4 is 10.1 Å². The van der Waals surface area contributed by atoms with E-state index >= 15 is 0 Å². The first-order valence-corrected chi connectivity index (χ1v) is 6.26. The molecule has 1 aromatic heterocycles. The molecule has 0 saturated carbocycles. The van der Waals surface area contributed by atoms with Gasteiger partial charge in [0.2, 0.25) is 5.91 Å². The molecule has 1 heterocycles. The van der Waals surface area contributed by atoms with Gasteiger partial charge in [-0.2, -0.15) is 0 Å². The number of furan rings is 1. The molecule has 1 aromatic carbocycles. The Kier molecular flexibility index (Phi) is 4.61. The van der Waals surface area contributed by atoms with Crippen molar-refractivity contribution >= 4 is 17.6 Å². The molecule has 0 unspecified atom stereocenters. The van der Waals surface area contributed by atoms with Crippen LogP contribution in [0.25, 0.3) is 0 Å².